The number of nitrogens with zero attached hydrogens (tertiary/aromatic N) is 2. The molecule has 0 aliphatic heterocycles. The van der Waals surface area contributed by atoms with Crippen LogP contribution < -0.4 is 0 Å². The minimum Gasteiger partial charge on any atom is -0.479 e. The van der Waals surface area contributed by atoms with E-state index in [0.717, 1.165) is 13.1 Å². The Morgan fingerprint density at radius 1 is 1.33 bits per heavy atom. The quantitative estimate of drug-likeness (QED) is 0.620. The summed E-state index contributed by atoms with van der Waals surface area (Å²) in [6.45, 7) is 4.41. The van der Waals surface area contributed by atoms with Gasteiger partial charge >= 0.3 is 5.97 Å². The molecule has 0 aromatic carbocycles. The second kappa shape index (κ2) is 7.62. The van der Waals surface area contributed by atoms with Gasteiger partial charge in [0.2, 0.25) is 0 Å². The first-order valence-electron chi connectivity index (χ1n) is 5.15. The van der Waals surface area contributed by atoms with Crippen molar-refractivity contribution in [1.82, 2.24) is 9.80 Å². The van der Waals surface area contributed by atoms with Gasteiger partial charge in [0.15, 0.2) is 6.10 Å². The zero-order valence-electron chi connectivity index (χ0n) is 10.1. The summed E-state index contributed by atoms with van der Waals surface area (Å²) in [5, 5.41) is 8.87. The number of carbonyl (C=O) groups is 1. The normalized spacial score (nSPS) is 13.5. The molecule has 0 aromatic rings. The van der Waals surface area contributed by atoms with Crippen LogP contribution in [0.15, 0.2) is 0 Å². The summed E-state index contributed by atoms with van der Waals surface area (Å²) in [5.41, 5.74) is 0. The molecule has 1 N–H and O–H groups in total. The summed E-state index contributed by atoms with van der Waals surface area (Å²) < 4.78 is 5.13. The lowest BCUT2D eigenvalue weighted by Crippen LogP contribution is -2.39. The van der Waals surface area contributed by atoms with Crippen molar-refractivity contribution in [3.8, 4) is 0 Å². The number of aliphatic carboxylic acids is 1. The Morgan fingerprint density at radius 3 is 2.33 bits per heavy atom. The molecule has 0 fully saturated rings. The highest BCUT2D eigenvalue weighted by molar-refractivity contribution is 5.72. The summed E-state index contributed by atoms with van der Waals surface area (Å²) in [6, 6.07) is 0. The lowest BCUT2D eigenvalue weighted by molar-refractivity contribution is -0.151. The number of carboxylic acids is 1. The molecule has 0 amide bonds. The summed E-state index contributed by atoms with van der Waals surface area (Å²) in [5.74, 6) is -0.895. The molecule has 0 saturated heterocycles. The van der Waals surface area contributed by atoms with Gasteiger partial charge in [-0.1, -0.05) is 0 Å². The molecule has 5 heteroatoms. The maximum Gasteiger partial charge on any atom is 0.334 e. The molecule has 15 heavy (non-hydrogen) atoms. The predicted octanol–water partition coefficient (Wildman–Crippen LogP) is -0.0305. The van der Waals surface area contributed by atoms with E-state index in [1.165, 1.54) is 0 Å². The fourth-order valence-corrected chi connectivity index (χ4v) is 1.15. The van der Waals surface area contributed by atoms with Gasteiger partial charge in [-0.25, -0.2) is 4.79 Å². The van der Waals surface area contributed by atoms with Crippen LogP contribution in [-0.2, 0) is 9.53 Å². The fraction of sp³-hybridized carbons (Fsp3) is 0.900. The van der Waals surface area contributed by atoms with Gasteiger partial charge < -0.3 is 19.6 Å². The van der Waals surface area contributed by atoms with Crippen molar-refractivity contribution in [2.24, 2.45) is 0 Å². The molecule has 1 atom stereocenters. The Bertz CT molecular complexity index is 186. The van der Waals surface area contributed by atoms with E-state index in [2.05, 4.69) is 4.90 Å². The maximum absolute atomic E-state index is 10.8. The van der Waals surface area contributed by atoms with Crippen molar-refractivity contribution in [3.63, 3.8) is 0 Å². The molecule has 0 saturated carbocycles. The Hall–Kier alpha value is -0.650. The van der Waals surface area contributed by atoms with Crippen LogP contribution in [0.5, 0.6) is 0 Å². The van der Waals surface area contributed by atoms with Crippen molar-refractivity contribution < 1.29 is 14.6 Å². The molecule has 0 aliphatic carbocycles. The van der Waals surface area contributed by atoms with Crippen molar-refractivity contribution >= 4 is 5.97 Å². The first-order valence-corrected chi connectivity index (χ1v) is 5.15. The van der Waals surface area contributed by atoms with Gasteiger partial charge in [0, 0.05) is 26.2 Å². The molecule has 0 rings (SSSR count). The first-order chi connectivity index (χ1) is 6.97. The lowest BCUT2D eigenvalue weighted by atomic mass is 10.3. The lowest BCUT2D eigenvalue weighted by Gasteiger charge is -2.22. The third kappa shape index (κ3) is 7.30. The van der Waals surface area contributed by atoms with Crippen LogP contribution in [-0.4, -0.2) is 74.4 Å². The van der Waals surface area contributed by atoms with Gasteiger partial charge in [-0.3, -0.25) is 0 Å². The number of hydrogen-bond donors (Lipinski definition) is 1. The molecule has 0 aliphatic rings. The summed E-state index contributed by atoms with van der Waals surface area (Å²) in [6.07, 6.45) is -0.720. The van der Waals surface area contributed by atoms with Crippen molar-refractivity contribution in [2.75, 3.05) is 47.4 Å². The average molecular weight is 218 g/mol. The highest BCUT2D eigenvalue weighted by atomic mass is 16.5. The van der Waals surface area contributed by atoms with Crippen molar-refractivity contribution in [1.29, 1.82) is 0 Å². The van der Waals surface area contributed by atoms with Gasteiger partial charge in [-0.2, -0.15) is 0 Å². The second-order valence-electron chi connectivity index (χ2n) is 3.85. The smallest absolute Gasteiger partial charge is 0.334 e. The van der Waals surface area contributed by atoms with Gasteiger partial charge in [0.05, 0.1) is 0 Å². The van der Waals surface area contributed by atoms with Gasteiger partial charge in [0.25, 0.3) is 0 Å². The number of carboxylic acid groups (broad SMARTS) is 1. The minimum atomic E-state index is -0.895. The molecule has 0 spiro atoms. The van der Waals surface area contributed by atoms with E-state index in [4.69, 9.17) is 9.84 Å². The zero-order valence-corrected chi connectivity index (χ0v) is 10.1. The highest BCUT2D eigenvalue weighted by Gasteiger charge is 2.19. The molecular weight excluding hydrogens is 196 g/mol. The molecule has 90 valence electrons. The summed E-state index contributed by atoms with van der Waals surface area (Å²) >= 11 is 0. The van der Waals surface area contributed by atoms with Crippen molar-refractivity contribution in [3.05, 3.63) is 0 Å². The Balaban J connectivity index is 3.88. The van der Waals surface area contributed by atoms with Crippen LogP contribution >= 0.6 is 0 Å². The highest BCUT2D eigenvalue weighted by Crippen LogP contribution is 1.96. The third-order valence-electron chi connectivity index (χ3n) is 2.05. The van der Waals surface area contributed by atoms with Crippen LogP contribution in [0.2, 0.25) is 0 Å². The molecule has 0 radical (unpaired) electrons. The third-order valence-corrected chi connectivity index (χ3v) is 2.05. The van der Waals surface area contributed by atoms with Gasteiger partial charge in [-0.15, -0.1) is 0 Å². The molecule has 1 unspecified atom stereocenters. The zero-order chi connectivity index (χ0) is 11.8. The number of hydrogen-bond acceptors (Lipinski definition) is 4. The van der Waals surface area contributed by atoms with Gasteiger partial charge in [0.1, 0.15) is 0 Å². The summed E-state index contributed by atoms with van der Waals surface area (Å²) in [4.78, 5) is 14.8. The van der Waals surface area contributed by atoms with Crippen LogP contribution in [0, 0.1) is 0 Å². The standard InChI is InChI=1S/C10H22N2O3/c1-5-15-9(10(13)14)8-12(4)7-6-11(2)3/h9H,5-8H2,1-4H3,(H,13,14). The van der Waals surface area contributed by atoms with Crippen molar-refractivity contribution in [2.45, 2.75) is 13.0 Å². The Morgan fingerprint density at radius 2 is 1.93 bits per heavy atom. The Labute approximate surface area is 91.6 Å². The molecule has 0 aromatic heterocycles. The SMILES string of the molecule is CCOC(CN(C)CCN(C)C)C(=O)O. The maximum atomic E-state index is 10.8. The van der Waals surface area contributed by atoms with E-state index in [1.807, 2.05) is 26.0 Å². The van der Waals surface area contributed by atoms with Crippen LogP contribution in [0.1, 0.15) is 6.92 Å². The van der Waals surface area contributed by atoms with Gasteiger partial charge in [-0.05, 0) is 28.1 Å². The minimum absolute atomic E-state index is 0.428. The summed E-state index contributed by atoms with van der Waals surface area (Å²) in [7, 11) is 5.88. The monoisotopic (exact) mass is 218 g/mol. The van der Waals surface area contributed by atoms with E-state index >= 15 is 0 Å². The van der Waals surface area contributed by atoms with E-state index in [9.17, 15) is 4.79 Å². The van der Waals surface area contributed by atoms with Crippen LogP contribution in [0.25, 0.3) is 0 Å². The second-order valence-corrected chi connectivity index (χ2v) is 3.85. The van der Waals surface area contributed by atoms with Crippen LogP contribution in [0.3, 0.4) is 0 Å². The molecule has 0 bridgehead atoms. The molecular formula is C10H22N2O3. The topological polar surface area (TPSA) is 53.0 Å². The largest absolute Gasteiger partial charge is 0.479 e. The van der Waals surface area contributed by atoms with E-state index in [-0.39, 0.29) is 0 Å². The average Bonchev–Trinajstić information content (AvgIpc) is 2.14. The van der Waals surface area contributed by atoms with Crippen LogP contribution in [0.4, 0.5) is 0 Å². The van der Waals surface area contributed by atoms with E-state index in [1.54, 1.807) is 6.92 Å². The van der Waals surface area contributed by atoms with E-state index < -0.39 is 12.1 Å². The number of likely N-dealkylation sites (N-methyl/N-ethyl adjacent to an activating group) is 2. The van der Waals surface area contributed by atoms with E-state index in [0.29, 0.717) is 13.2 Å². The fourth-order valence-electron chi connectivity index (χ4n) is 1.15. The first kappa shape index (κ1) is 14.3. The molecule has 5 nitrogen and oxygen atoms in total. The molecule has 0 heterocycles. The number of ether oxygens (including phenoxy) is 1. The number of rotatable bonds is 8. The Kier molecular flexibility index (Phi) is 7.29. The predicted molar refractivity (Wildman–Crippen MR) is 59.1 cm³/mol.